The van der Waals surface area contributed by atoms with Gasteiger partial charge in [0.2, 0.25) is 0 Å². The number of rotatable bonds is 8. The average Bonchev–Trinajstić information content (AvgIpc) is 2.34. The molecule has 4 nitrogen and oxygen atoms in total. The molecule has 0 fully saturated rings. The third kappa shape index (κ3) is 8.86. The second kappa shape index (κ2) is 9.18. The van der Waals surface area contributed by atoms with Crippen LogP contribution >= 0.6 is 22.6 Å². The van der Waals surface area contributed by atoms with Crippen molar-refractivity contribution < 1.29 is 14.3 Å². The van der Waals surface area contributed by atoms with Crippen LogP contribution in [0.1, 0.15) is 61.3 Å². The minimum Gasteiger partial charge on any atom is -0.444 e. The molecule has 0 spiro atoms. The summed E-state index contributed by atoms with van der Waals surface area (Å²) in [4.78, 5) is 14.0. The van der Waals surface area contributed by atoms with Gasteiger partial charge in [-0.2, -0.15) is 0 Å². The number of likely N-dealkylation sites (N-methyl/N-ethyl adjacent to an activating group) is 1. The Labute approximate surface area is 144 Å². The minimum atomic E-state index is -0.471. The number of carbonyl (C=O) groups is 1. The first-order valence-corrected chi connectivity index (χ1v) is 9.31. The number of nitrogens with zero attached hydrogens (tertiary/aromatic N) is 1. The van der Waals surface area contributed by atoms with Gasteiger partial charge >= 0.3 is 6.09 Å². The van der Waals surface area contributed by atoms with E-state index in [0.29, 0.717) is 13.1 Å². The Morgan fingerprint density at radius 2 is 1.81 bits per heavy atom. The molecular weight excluding hydrogens is 381 g/mol. The predicted molar refractivity (Wildman–Crippen MR) is 96.2 cm³/mol. The van der Waals surface area contributed by atoms with Gasteiger partial charge in [0.15, 0.2) is 0 Å². The molecule has 2 unspecified atom stereocenters. The smallest absolute Gasteiger partial charge is 0.410 e. The quantitative estimate of drug-likeness (QED) is 0.430. The van der Waals surface area contributed by atoms with Gasteiger partial charge < -0.3 is 14.4 Å². The lowest BCUT2D eigenvalue weighted by molar-refractivity contribution is -0.0786. The number of alkyl halides is 1. The Hall–Kier alpha value is -0.0400. The van der Waals surface area contributed by atoms with Crippen LogP contribution in [0.4, 0.5) is 4.79 Å². The average molecular weight is 413 g/mol. The molecule has 2 atom stereocenters. The zero-order valence-electron chi connectivity index (χ0n) is 14.7. The van der Waals surface area contributed by atoms with Gasteiger partial charge in [0.05, 0.1) is 18.2 Å². The monoisotopic (exact) mass is 413 g/mol. The molecule has 0 saturated heterocycles. The molecule has 21 heavy (non-hydrogen) atoms. The van der Waals surface area contributed by atoms with Gasteiger partial charge in [0.25, 0.3) is 0 Å². The fourth-order valence-corrected chi connectivity index (χ4v) is 2.52. The highest BCUT2D eigenvalue weighted by Crippen LogP contribution is 2.21. The van der Waals surface area contributed by atoms with Crippen molar-refractivity contribution in [1.82, 2.24) is 4.90 Å². The molecule has 0 aromatic carbocycles. The summed E-state index contributed by atoms with van der Waals surface area (Å²) >= 11 is 2.33. The minimum absolute atomic E-state index is 0.201. The second-order valence-corrected chi connectivity index (χ2v) is 7.56. The van der Waals surface area contributed by atoms with E-state index in [1.807, 2.05) is 27.7 Å². The largest absolute Gasteiger partial charge is 0.444 e. The predicted octanol–water partition coefficient (Wildman–Crippen LogP) is 4.64. The van der Waals surface area contributed by atoms with Gasteiger partial charge in [-0.1, -0.05) is 35.9 Å². The first kappa shape index (κ1) is 21.0. The maximum atomic E-state index is 12.2. The summed E-state index contributed by atoms with van der Waals surface area (Å²) in [5.41, 5.74) is -0.816. The molecule has 0 heterocycles. The molecule has 0 saturated carbocycles. The van der Waals surface area contributed by atoms with E-state index in [4.69, 9.17) is 9.47 Å². The van der Waals surface area contributed by atoms with Gasteiger partial charge in [-0.05, 0) is 48.0 Å². The van der Waals surface area contributed by atoms with E-state index < -0.39 is 5.60 Å². The van der Waals surface area contributed by atoms with Crippen molar-refractivity contribution in [3.63, 3.8) is 0 Å². The van der Waals surface area contributed by atoms with Crippen molar-refractivity contribution in [2.45, 2.75) is 78.6 Å². The lowest BCUT2D eigenvalue weighted by Gasteiger charge is -2.36. The van der Waals surface area contributed by atoms with E-state index in [-0.39, 0.29) is 17.8 Å². The van der Waals surface area contributed by atoms with Gasteiger partial charge in [-0.3, -0.25) is 0 Å². The third-order valence-corrected chi connectivity index (χ3v) is 4.64. The third-order valence-electron chi connectivity index (χ3n) is 3.02. The van der Waals surface area contributed by atoms with E-state index in [0.717, 1.165) is 17.3 Å². The Bertz CT molecular complexity index is 317. The van der Waals surface area contributed by atoms with Crippen LogP contribution in [0, 0.1) is 0 Å². The molecule has 0 bridgehead atoms. The molecule has 0 aliphatic carbocycles. The molecule has 0 rings (SSSR count). The van der Waals surface area contributed by atoms with Crippen molar-refractivity contribution in [1.29, 1.82) is 0 Å². The molecular formula is C16H32INO3. The number of hydrogen-bond donors (Lipinski definition) is 0. The molecule has 0 aliphatic heterocycles. The van der Waals surface area contributed by atoms with Crippen molar-refractivity contribution in [3.05, 3.63) is 0 Å². The zero-order valence-corrected chi connectivity index (χ0v) is 16.8. The van der Waals surface area contributed by atoms with Crippen LogP contribution in [-0.2, 0) is 9.47 Å². The van der Waals surface area contributed by atoms with Gasteiger partial charge in [0, 0.05) is 11.0 Å². The van der Waals surface area contributed by atoms with E-state index in [1.165, 1.54) is 0 Å². The van der Waals surface area contributed by atoms with Gasteiger partial charge in [-0.25, -0.2) is 4.79 Å². The molecule has 0 aromatic rings. The first-order chi connectivity index (χ1) is 9.56. The van der Waals surface area contributed by atoms with E-state index >= 15 is 0 Å². The van der Waals surface area contributed by atoms with E-state index in [9.17, 15) is 4.79 Å². The Morgan fingerprint density at radius 3 is 2.19 bits per heavy atom. The summed E-state index contributed by atoms with van der Waals surface area (Å²) in [5.74, 6) is 0. The van der Waals surface area contributed by atoms with Crippen LogP contribution in [0.25, 0.3) is 0 Å². The van der Waals surface area contributed by atoms with E-state index in [1.54, 1.807) is 4.90 Å². The molecule has 1 amide bonds. The van der Waals surface area contributed by atoms with Crippen LogP contribution in [0.15, 0.2) is 0 Å². The van der Waals surface area contributed by atoms with Crippen molar-refractivity contribution in [3.8, 4) is 0 Å². The normalized spacial score (nSPS) is 16.2. The molecule has 0 aromatic heterocycles. The summed E-state index contributed by atoms with van der Waals surface area (Å²) in [5, 5.41) is 0. The van der Waals surface area contributed by atoms with Gasteiger partial charge in [-0.15, -0.1) is 0 Å². The summed E-state index contributed by atoms with van der Waals surface area (Å²) in [6.07, 6.45) is 2.06. The highest BCUT2D eigenvalue weighted by atomic mass is 127. The maximum absolute atomic E-state index is 12.2. The number of carbonyl (C=O) groups excluding carboxylic acids is 1. The molecule has 0 radical (unpaired) electrons. The fraction of sp³-hybridized carbons (Fsp3) is 0.938. The molecule has 0 N–H and O–H groups in total. The first-order valence-electron chi connectivity index (χ1n) is 7.78. The van der Waals surface area contributed by atoms with Crippen molar-refractivity contribution in [2.75, 3.05) is 17.5 Å². The van der Waals surface area contributed by atoms with Gasteiger partial charge in [0.1, 0.15) is 5.60 Å². The number of hydrogen-bond acceptors (Lipinski definition) is 3. The topological polar surface area (TPSA) is 38.8 Å². The lowest BCUT2D eigenvalue weighted by atomic mass is 10.1. The number of ether oxygens (including phenoxy) is 2. The van der Waals surface area contributed by atoms with Crippen LogP contribution in [0.2, 0.25) is 0 Å². The van der Waals surface area contributed by atoms with Crippen molar-refractivity contribution in [2.24, 2.45) is 0 Å². The van der Waals surface area contributed by atoms with Crippen molar-refractivity contribution >= 4 is 28.7 Å². The fourth-order valence-electron chi connectivity index (χ4n) is 2.10. The Morgan fingerprint density at radius 1 is 1.24 bits per heavy atom. The summed E-state index contributed by atoms with van der Waals surface area (Å²) < 4.78 is 12.5. The molecule has 126 valence electrons. The van der Waals surface area contributed by atoms with Crippen LogP contribution < -0.4 is 0 Å². The van der Waals surface area contributed by atoms with Crippen LogP contribution in [0.3, 0.4) is 0 Å². The zero-order chi connectivity index (χ0) is 16.7. The summed E-state index contributed by atoms with van der Waals surface area (Å²) in [6.45, 7) is 15.1. The SMILES string of the molecule is CCCC(C)OC(C)(CI)CN(CC)C(=O)OC(C)(C)C. The van der Waals surface area contributed by atoms with Crippen LogP contribution in [-0.4, -0.2) is 45.8 Å². The molecule has 5 heteroatoms. The standard InChI is InChI=1S/C16H32INO3/c1-8-10-13(3)20-16(7,11-17)12-18(9-2)14(19)21-15(4,5)6/h13H,8-12H2,1-7H3. The highest BCUT2D eigenvalue weighted by Gasteiger charge is 2.32. The number of amides is 1. The van der Waals surface area contributed by atoms with Crippen LogP contribution in [0.5, 0.6) is 0 Å². The highest BCUT2D eigenvalue weighted by molar-refractivity contribution is 14.1. The summed E-state index contributed by atoms with van der Waals surface area (Å²) in [6, 6.07) is 0. The Kier molecular flexibility index (Phi) is 9.16. The lowest BCUT2D eigenvalue weighted by Crippen LogP contribution is -2.49. The maximum Gasteiger partial charge on any atom is 0.410 e. The Balaban J connectivity index is 4.77. The number of halogens is 1. The second-order valence-electron chi connectivity index (χ2n) is 6.80. The molecule has 0 aliphatic rings. The van der Waals surface area contributed by atoms with E-state index in [2.05, 4.69) is 43.4 Å². The summed E-state index contributed by atoms with van der Waals surface area (Å²) in [7, 11) is 0.